The average Bonchev–Trinajstić information content (AvgIpc) is 2.74. The summed E-state index contributed by atoms with van der Waals surface area (Å²) in [6.07, 6.45) is 1.43. The second kappa shape index (κ2) is 9.70. The highest BCUT2D eigenvalue weighted by atomic mass is 31.2. The van der Waals surface area contributed by atoms with Crippen molar-refractivity contribution in [1.29, 1.82) is 0 Å². The molecule has 0 saturated carbocycles. The van der Waals surface area contributed by atoms with E-state index in [1.165, 1.54) is 18.3 Å². The summed E-state index contributed by atoms with van der Waals surface area (Å²) in [6.45, 7) is -0.720. The van der Waals surface area contributed by atoms with Gasteiger partial charge in [-0.1, -0.05) is 0 Å². The molecule has 33 heavy (non-hydrogen) atoms. The van der Waals surface area contributed by atoms with E-state index in [2.05, 4.69) is 35.1 Å². The number of aliphatic carboxylic acids is 1. The molecule has 1 atom stereocenters. The zero-order chi connectivity index (χ0) is 24.2. The summed E-state index contributed by atoms with van der Waals surface area (Å²) in [7, 11) is -4.89. The Morgan fingerprint density at radius 2 is 1.91 bits per heavy atom. The Balaban J connectivity index is 1.62. The van der Waals surface area contributed by atoms with Crippen LogP contribution in [0.15, 0.2) is 35.3 Å². The van der Waals surface area contributed by atoms with Gasteiger partial charge in [0.1, 0.15) is 0 Å². The number of phosphoric acid groups is 1. The minimum absolute atomic E-state index is 0.0335. The van der Waals surface area contributed by atoms with Crippen molar-refractivity contribution < 1.29 is 33.6 Å². The standard InChI is InChI=1S/C17H18N7O8P/c18-17-23-13-12(15(26)24-17)21-10(6-20-13)5-19-9-3-1-8(2-4-9)14(25)22-11(16(27)28)7-32-33(29,30)31/h1-4,6,11,19H,5,7H2,(H,22,25)(H,27,28)(H2,29,30,31)(H3,18,20,23,24,26)/t11-/m0/s1. The number of aromatic amines is 1. The van der Waals surface area contributed by atoms with Gasteiger partial charge in [0.25, 0.3) is 11.5 Å². The number of phosphoric ester groups is 1. The molecule has 2 aromatic heterocycles. The molecule has 0 spiro atoms. The third-order valence-electron chi connectivity index (χ3n) is 4.12. The fourth-order valence-corrected chi connectivity index (χ4v) is 2.92. The van der Waals surface area contributed by atoms with Crippen LogP contribution in [0.2, 0.25) is 0 Å². The van der Waals surface area contributed by atoms with Crippen molar-refractivity contribution in [1.82, 2.24) is 25.3 Å². The van der Waals surface area contributed by atoms with E-state index in [1.54, 1.807) is 12.1 Å². The summed E-state index contributed by atoms with van der Waals surface area (Å²) < 4.78 is 14.9. The van der Waals surface area contributed by atoms with Gasteiger partial charge >= 0.3 is 13.8 Å². The Morgan fingerprint density at radius 3 is 2.55 bits per heavy atom. The van der Waals surface area contributed by atoms with Crippen molar-refractivity contribution in [2.75, 3.05) is 17.7 Å². The lowest BCUT2D eigenvalue weighted by Crippen LogP contribution is -2.43. The normalized spacial score (nSPS) is 12.3. The van der Waals surface area contributed by atoms with Gasteiger partial charge < -0.3 is 31.3 Å². The monoisotopic (exact) mass is 479 g/mol. The molecule has 2 heterocycles. The number of anilines is 2. The number of nitrogens with one attached hydrogen (secondary N) is 3. The number of carboxylic acid groups (broad SMARTS) is 1. The molecule has 0 radical (unpaired) electrons. The van der Waals surface area contributed by atoms with Gasteiger partial charge in [0, 0.05) is 11.3 Å². The molecule has 3 aromatic rings. The summed E-state index contributed by atoms with van der Waals surface area (Å²) in [5.74, 6) is -2.38. The summed E-state index contributed by atoms with van der Waals surface area (Å²) in [4.78, 5) is 67.2. The number of nitrogens with zero attached hydrogens (tertiary/aromatic N) is 3. The highest BCUT2D eigenvalue weighted by Gasteiger charge is 2.25. The first-order chi connectivity index (χ1) is 15.5. The molecule has 3 rings (SSSR count). The van der Waals surface area contributed by atoms with Gasteiger partial charge in [0.2, 0.25) is 5.95 Å². The summed E-state index contributed by atoms with van der Waals surface area (Å²) in [5.41, 5.74) is 6.21. The first-order valence-corrected chi connectivity index (χ1v) is 10.6. The van der Waals surface area contributed by atoms with E-state index in [1.807, 2.05) is 0 Å². The number of nitrogen functional groups attached to an aromatic ring is 1. The number of rotatable bonds is 9. The van der Waals surface area contributed by atoms with E-state index >= 15 is 0 Å². The van der Waals surface area contributed by atoms with Crippen molar-refractivity contribution in [2.24, 2.45) is 0 Å². The number of fused-ring (bicyclic) bond motifs is 1. The van der Waals surface area contributed by atoms with Crippen LogP contribution in [-0.4, -0.2) is 59.4 Å². The van der Waals surface area contributed by atoms with Crippen LogP contribution in [0.5, 0.6) is 0 Å². The van der Waals surface area contributed by atoms with Crippen LogP contribution >= 0.6 is 7.82 Å². The van der Waals surface area contributed by atoms with Crippen LogP contribution in [-0.2, 0) is 20.4 Å². The second-order valence-electron chi connectivity index (χ2n) is 6.57. The first kappa shape index (κ1) is 23.7. The second-order valence-corrected chi connectivity index (χ2v) is 7.81. The van der Waals surface area contributed by atoms with Crippen LogP contribution < -0.4 is 21.9 Å². The van der Waals surface area contributed by atoms with E-state index in [4.69, 9.17) is 20.6 Å². The Labute approximate surface area is 184 Å². The number of carbonyl (C=O) groups excluding carboxylic acids is 1. The molecule has 16 heteroatoms. The topological polar surface area (TPSA) is 243 Å². The predicted octanol–water partition coefficient (Wildman–Crippen LogP) is -0.800. The maximum absolute atomic E-state index is 12.2. The molecule has 0 aliphatic heterocycles. The minimum atomic E-state index is -4.89. The van der Waals surface area contributed by atoms with Crippen molar-refractivity contribution in [3.63, 3.8) is 0 Å². The van der Waals surface area contributed by atoms with Gasteiger partial charge in [0.05, 0.1) is 25.0 Å². The number of carboxylic acids is 1. The first-order valence-electron chi connectivity index (χ1n) is 9.11. The van der Waals surface area contributed by atoms with E-state index in [0.29, 0.717) is 11.4 Å². The fourth-order valence-electron chi connectivity index (χ4n) is 2.58. The van der Waals surface area contributed by atoms with Gasteiger partial charge in [-0.05, 0) is 24.3 Å². The smallest absolute Gasteiger partial charge is 0.469 e. The number of nitrogens with two attached hydrogens (primary N) is 1. The molecule has 0 saturated heterocycles. The SMILES string of the molecule is Nc1nc2ncc(CNc3ccc(C(=O)N[C@@H](COP(=O)(O)O)C(=O)O)cc3)nc2c(=O)[nH]1. The van der Waals surface area contributed by atoms with Crippen LogP contribution in [0.1, 0.15) is 16.1 Å². The average molecular weight is 479 g/mol. The van der Waals surface area contributed by atoms with Crippen molar-refractivity contribution in [3.8, 4) is 0 Å². The van der Waals surface area contributed by atoms with Gasteiger partial charge in [-0.2, -0.15) is 4.98 Å². The zero-order valence-corrected chi connectivity index (χ0v) is 17.5. The zero-order valence-electron chi connectivity index (χ0n) is 16.6. The third kappa shape index (κ3) is 6.54. The number of carbonyl (C=O) groups is 2. The van der Waals surface area contributed by atoms with Crippen LogP contribution in [0.4, 0.5) is 11.6 Å². The number of benzene rings is 1. The lowest BCUT2D eigenvalue weighted by Gasteiger charge is -2.15. The van der Waals surface area contributed by atoms with Crippen LogP contribution in [0.25, 0.3) is 11.2 Å². The highest BCUT2D eigenvalue weighted by Crippen LogP contribution is 2.35. The fraction of sp³-hybridized carbons (Fsp3) is 0.176. The van der Waals surface area contributed by atoms with Gasteiger partial charge in [0.15, 0.2) is 17.2 Å². The van der Waals surface area contributed by atoms with E-state index in [-0.39, 0.29) is 29.2 Å². The molecule has 1 amide bonds. The molecule has 0 bridgehead atoms. The van der Waals surface area contributed by atoms with Crippen molar-refractivity contribution in [2.45, 2.75) is 12.6 Å². The van der Waals surface area contributed by atoms with Gasteiger partial charge in [-0.25, -0.2) is 19.3 Å². The molecule has 0 aliphatic rings. The molecular weight excluding hydrogens is 461 g/mol. The maximum atomic E-state index is 12.2. The third-order valence-corrected chi connectivity index (χ3v) is 4.61. The highest BCUT2D eigenvalue weighted by molar-refractivity contribution is 7.46. The number of aromatic nitrogens is 4. The maximum Gasteiger partial charge on any atom is 0.469 e. The summed E-state index contributed by atoms with van der Waals surface area (Å²) in [5, 5.41) is 14.2. The van der Waals surface area contributed by atoms with Crippen LogP contribution in [0.3, 0.4) is 0 Å². The van der Waals surface area contributed by atoms with E-state index < -0.39 is 37.9 Å². The molecule has 174 valence electrons. The number of H-pyrrole nitrogens is 1. The van der Waals surface area contributed by atoms with Crippen molar-refractivity contribution >= 4 is 42.5 Å². The Morgan fingerprint density at radius 1 is 1.21 bits per heavy atom. The molecule has 0 unspecified atom stereocenters. The summed E-state index contributed by atoms with van der Waals surface area (Å²) in [6, 6.07) is 4.23. The Hall–Kier alpha value is -3.91. The van der Waals surface area contributed by atoms with Crippen molar-refractivity contribution in [3.05, 3.63) is 52.1 Å². The number of hydrogen-bond donors (Lipinski definition) is 7. The Bertz CT molecular complexity index is 1290. The molecule has 8 N–H and O–H groups in total. The molecule has 0 fully saturated rings. The summed E-state index contributed by atoms with van der Waals surface area (Å²) >= 11 is 0. The Kier molecular flexibility index (Phi) is 6.98. The quantitative estimate of drug-likeness (QED) is 0.186. The minimum Gasteiger partial charge on any atom is -0.480 e. The lowest BCUT2D eigenvalue weighted by molar-refractivity contribution is -0.140. The molecule has 15 nitrogen and oxygen atoms in total. The van der Waals surface area contributed by atoms with E-state index in [9.17, 15) is 18.9 Å². The van der Waals surface area contributed by atoms with E-state index in [0.717, 1.165) is 0 Å². The molecular formula is C17H18N7O8P. The largest absolute Gasteiger partial charge is 0.480 e. The van der Waals surface area contributed by atoms with Gasteiger partial charge in [-0.15, -0.1) is 0 Å². The molecule has 1 aromatic carbocycles. The van der Waals surface area contributed by atoms with Crippen LogP contribution in [0, 0.1) is 0 Å². The van der Waals surface area contributed by atoms with Gasteiger partial charge in [-0.3, -0.25) is 19.1 Å². The lowest BCUT2D eigenvalue weighted by atomic mass is 10.1. The predicted molar refractivity (Wildman–Crippen MR) is 113 cm³/mol. The molecule has 0 aliphatic carbocycles. The number of hydrogen-bond acceptors (Lipinski definition) is 10. The number of amides is 1.